The van der Waals surface area contributed by atoms with Crippen LogP contribution in [0.15, 0.2) is 65.1 Å². The number of carbonyl (C=O) groups is 3. The van der Waals surface area contributed by atoms with E-state index >= 15 is 0 Å². The summed E-state index contributed by atoms with van der Waals surface area (Å²) in [5, 5.41) is 13.2. The molecule has 3 aromatic rings. The molecule has 0 aliphatic rings. The number of aldehydes is 1. The van der Waals surface area contributed by atoms with Gasteiger partial charge in [0.15, 0.2) is 18.7 Å². The molecular formula is C20H14N2O7. The fourth-order valence-electron chi connectivity index (χ4n) is 2.45. The van der Waals surface area contributed by atoms with Gasteiger partial charge in [-0.3, -0.25) is 19.7 Å². The van der Waals surface area contributed by atoms with Gasteiger partial charge in [-0.1, -0.05) is 18.2 Å². The molecule has 1 amide bonds. The normalized spacial score (nSPS) is 10.2. The van der Waals surface area contributed by atoms with E-state index in [-0.39, 0.29) is 22.7 Å². The standard InChI is InChI=1S/C20H14N2O7/c23-11-17-8-9-18(29-17)13-4-6-14(7-5-13)20(25)28-12-19(24)21-15-2-1-3-16(10-15)22(26)27/h1-11H,12H2,(H,21,24). The van der Waals surface area contributed by atoms with Crippen molar-refractivity contribution in [3.05, 3.63) is 82.1 Å². The highest BCUT2D eigenvalue weighted by Gasteiger charge is 2.13. The monoisotopic (exact) mass is 394 g/mol. The van der Waals surface area contributed by atoms with E-state index in [4.69, 9.17) is 9.15 Å². The number of hydrogen-bond donors (Lipinski definition) is 1. The second-order valence-electron chi connectivity index (χ2n) is 5.83. The van der Waals surface area contributed by atoms with Gasteiger partial charge in [0.2, 0.25) is 0 Å². The topological polar surface area (TPSA) is 129 Å². The molecule has 0 fully saturated rings. The molecule has 0 unspecified atom stereocenters. The third kappa shape index (κ3) is 4.92. The highest BCUT2D eigenvalue weighted by molar-refractivity contribution is 5.95. The van der Waals surface area contributed by atoms with Crippen LogP contribution in [0.25, 0.3) is 11.3 Å². The molecule has 0 saturated heterocycles. The third-order valence-corrected chi connectivity index (χ3v) is 3.82. The summed E-state index contributed by atoms with van der Waals surface area (Å²) >= 11 is 0. The largest absolute Gasteiger partial charge is 0.453 e. The second-order valence-corrected chi connectivity index (χ2v) is 5.83. The van der Waals surface area contributed by atoms with E-state index < -0.39 is 23.4 Å². The lowest BCUT2D eigenvalue weighted by Gasteiger charge is -2.07. The zero-order valence-corrected chi connectivity index (χ0v) is 14.9. The Morgan fingerprint density at radius 3 is 2.52 bits per heavy atom. The third-order valence-electron chi connectivity index (χ3n) is 3.82. The lowest BCUT2D eigenvalue weighted by Crippen LogP contribution is -2.20. The Morgan fingerprint density at radius 1 is 1.10 bits per heavy atom. The summed E-state index contributed by atoms with van der Waals surface area (Å²) in [5.41, 5.74) is 0.937. The van der Waals surface area contributed by atoms with Crippen LogP contribution in [0.5, 0.6) is 0 Å². The van der Waals surface area contributed by atoms with Crippen molar-refractivity contribution in [3.63, 3.8) is 0 Å². The number of anilines is 1. The molecular weight excluding hydrogens is 380 g/mol. The van der Waals surface area contributed by atoms with E-state index in [2.05, 4.69) is 5.32 Å². The van der Waals surface area contributed by atoms with Gasteiger partial charge in [0, 0.05) is 23.4 Å². The molecule has 0 spiro atoms. The van der Waals surface area contributed by atoms with Gasteiger partial charge in [0.1, 0.15) is 5.76 Å². The molecule has 0 saturated carbocycles. The summed E-state index contributed by atoms with van der Waals surface area (Å²) in [6, 6.07) is 14.8. The zero-order chi connectivity index (χ0) is 20.8. The molecule has 29 heavy (non-hydrogen) atoms. The van der Waals surface area contributed by atoms with Crippen molar-refractivity contribution in [1.29, 1.82) is 0 Å². The van der Waals surface area contributed by atoms with Crippen LogP contribution in [0.2, 0.25) is 0 Å². The molecule has 1 heterocycles. The second kappa shape index (κ2) is 8.61. The number of ether oxygens (including phenoxy) is 1. The molecule has 1 N–H and O–H groups in total. The van der Waals surface area contributed by atoms with Crippen LogP contribution >= 0.6 is 0 Å². The Morgan fingerprint density at radius 2 is 1.86 bits per heavy atom. The fourth-order valence-corrected chi connectivity index (χ4v) is 2.45. The maximum absolute atomic E-state index is 12.1. The van der Waals surface area contributed by atoms with Crippen molar-refractivity contribution in [1.82, 2.24) is 0 Å². The summed E-state index contributed by atoms with van der Waals surface area (Å²) in [6.45, 7) is -0.551. The van der Waals surface area contributed by atoms with E-state index in [1.807, 2.05) is 0 Å². The predicted molar refractivity (Wildman–Crippen MR) is 102 cm³/mol. The lowest BCUT2D eigenvalue weighted by molar-refractivity contribution is -0.384. The number of nitro benzene ring substituents is 1. The molecule has 0 aliphatic heterocycles. The van der Waals surface area contributed by atoms with E-state index in [9.17, 15) is 24.5 Å². The lowest BCUT2D eigenvalue weighted by atomic mass is 10.1. The zero-order valence-electron chi connectivity index (χ0n) is 14.9. The fraction of sp³-hybridized carbons (Fsp3) is 0.0500. The highest BCUT2D eigenvalue weighted by atomic mass is 16.6. The van der Waals surface area contributed by atoms with Gasteiger partial charge in [-0.2, -0.15) is 0 Å². The van der Waals surface area contributed by atoms with Gasteiger partial charge in [-0.05, 0) is 30.3 Å². The first-order chi connectivity index (χ1) is 14.0. The minimum absolute atomic E-state index is 0.170. The SMILES string of the molecule is O=Cc1ccc(-c2ccc(C(=O)OCC(=O)Nc3cccc([N+](=O)[O-])c3)cc2)o1. The van der Waals surface area contributed by atoms with Crippen LogP contribution in [0.3, 0.4) is 0 Å². The summed E-state index contributed by atoms with van der Waals surface area (Å²) in [6.07, 6.45) is 0.591. The number of amides is 1. The van der Waals surface area contributed by atoms with Crippen LogP contribution in [0.1, 0.15) is 20.9 Å². The minimum Gasteiger partial charge on any atom is -0.453 e. The van der Waals surface area contributed by atoms with E-state index in [1.54, 1.807) is 18.2 Å². The van der Waals surface area contributed by atoms with Crippen LogP contribution in [0, 0.1) is 10.1 Å². The number of nitro groups is 1. The smallest absolute Gasteiger partial charge is 0.338 e. The molecule has 1 aromatic heterocycles. The molecule has 146 valence electrons. The van der Waals surface area contributed by atoms with Gasteiger partial charge >= 0.3 is 5.97 Å². The van der Waals surface area contributed by atoms with Gasteiger partial charge < -0.3 is 14.5 Å². The molecule has 3 rings (SSSR count). The number of non-ortho nitro benzene ring substituents is 1. The van der Waals surface area contributed by atoms with Crippen LogP contribution < -0.4 is 5.32 Å². The molecule has 0 aliphatic carbocycles. The first-order valence-electron chi connectivity index (χ1n) is 8.33. The van der Waals surface area contributed by atoms with Crippen LogP contribution in [0.4, 0.5) is 11.4 Å². The number of carbonyl (C=O) groups excluding carboxylic acids is 3. The van der Waals surface area contributed by atoms with Crippen molar-refractivity contribution in [2.75, 3.05) is 11.9 Å². The van der Waals surface area contributed by atoms with E-state index in [0.29, 0.717) is 17.6 Å². The average molecular weight is 394 g/mol. The number of nitrogens with one attached hydrogen (secondary N) is 1. The van der Waals surface area contributed by atoms with Crippen molar-refractivity contribution < 1.29 is 28.5 Å². The van der Waals surface area contributed by atoms with Crippen molar-refractivity contribution >= 4 is 29.5 Å². The average Bonchev–Trinajstić information content (AvgIpc) is 3.21. The molecule has 2 aromatic carbocycles. The number of rotatable bonds is 7. The maximum atomic E-state index is 12.1. The summed E-state index contributed by atoms with van der Waals surface area (Å²) in [4.78, 5) is 44.8. The summed E-state index contributed by atoms with van der Waals surface area (Å²) in [7, 11) is 0. The number of esters is 1. The van der Waals surface area contributed by atoms with Crippen molar-refractivity contribution in [2.24, 2.45) is 0 Å². The van der Waals surface area contributed by atoms with E-state index in [0.717, 1.165) is 0 Å². The Balaban J connectivity index is 1.56. The number of benzene rings is 2. The first-order valence-corrected chi connectivity index (χ1v) is 8.33. The Hall–Kier alpha value is -4.27. The summed E-state index contributed by atoms with van der Waals surface area (Å²) < 4.78 is 10.3. The number of nitrogens with zero attached hydrogens (tertiary/aromatic N) is 1. The number of furan rings is 1. The van der Waals surface area contributed by atoms with Gasteiger partial charge in [0.05, 0.1) is 10.5 Å². The Labute approximate surface area is 164 Å². The maximum Gasteiger partial charge on any atom is 0.338 e. The summed E-state index contributed by atoms with van der Waals surface area (Å²) in [5.74, 6) is -0.673. The molecule has 9 nitrogen and oxygen atoms in total. The first kappa shape index (κ1) is 19.5. The van der Waals surface area contributed by atoms with Crippen LogP contribution in [-0.4, -0.2) is 29.7 Å². The van der Waals surface area contributed by atoms with Gasteiger partial charge in [0.25, 0.3) is 11.6 Å². The van der Waals surface area contributed by atoms with Crippen molar-refractivity contribution in [2.45, 2.75) is 0 Å². The van der Waals surface area contributed by atoms with Crippen LogP contribution in [-0.2, 0) is 9.53 Å². The number of hydrogen-bond acceptors (Lipinski definition) is 7. The van der Waals surface area contributed by atoms with Crippen molar-refractivity contribution in [3.8, 4) is 11.3 Å². The van der Waals surface area contributed by atoms with Gasteiger partial charge in [-0.15, -0.1) is 0 Å². The molecule has 0 bridgehead atoms. The minimum atomic E-state index is -0.709. The molecule has 0 radical (unpaired) electrons. The quantitative estimate of drug-likeness (QED) is 0.281. The van der Waals surface area contributed by atoms with E-state index in [1.165, 1.54) is 42.5 Å². The highest BCUT2D eigenvalue weighted by Crippen LogP contribution is 2.22. The molecule has 9 heteroatoms. The Kier molecular flexibility index (Phi) is 5.79. The van der Waals surface area contributed by atoms with Gasteiger partial charge in [-0.25, -0.2) is 4.79 Å². The predicted octanol–water partition coefficient (Wildman–Crippen LogP) is 3.46. The Bertz CT molecular complexity index is 1070. The molecule has 0 atom stereocenters.